The Morgan fingerprint density at radius 1 is 1.19 bits per heavy atom. The van der Waals surface area contributed by atoms with Crippen molar-refractivity contribution in [3.63, 3.8) is 0 Å². The summed E-state index contributed by atoms with van der Waals surface area (Å²) < 4.78 is 18.4. The predicted octanol–water partition coefficient (Wildman–Crippen LogP) is 3.03. The fraction of sp³-hybridized carbons (Fsp3) is 0.538. The Morgan fingerprint density at radius 3 is 2.62 bits per heavy atom. The van der Waals surface area contributed by atoms with Gasteiger partial charge in [0.25, 0.3) is 0 Å². The Kier molecular flexibility index (Phi) is 5.86. The van der Waals surface area contributed by atoms with Crippen LogP contribution >= 0.6 is 0 Å². The number of halogens is 1. The van der Waals surface area contributed by atoms with Crippen molar-refractivity contribution < 1.29 is 9.13 Å². The second-order valence-corrected chi connectivity index (χ2v) is 3.96. The van der Waals surface area contributed by atoms with Crippen molar-refractivity contribution in [2.24, 2.45) is 5.73 Å². The van der Waals surface area contributed by atoms with Crippen LogP contribution < -0.4 is 10.5 Å². The fourth-order valence-corrected chi connectivity index (χ4v) is 1.56. The standard InChI is InChI=1S/C13H20FNO/c1-11-10-12(14)6-7-13(11)16-9-5-3-2-4-8-15/h6-7,10H,2-5,8-9,15H2,1H3. The van der Waals surface area contributed by atoms with Crippen molar-refractivity contribution in [1.82, 2.24) is 0 Å². The molecule has 1 aromatic rings. The lowest BCUT2D eigenvalue weighted by Gasteiger charge is -2.08. The molecule has 3 heteroatoms. The van der Waals surface area contributed by atoms with Gasteiger partial charge in [-0.1, -0.05) is 12.8 Å². The first-order valence-electron chi connectivity index (χ1n) is 5.83. The van der Waals surface area contributed by atoms with Gasteiger partial charge in [-0.3, -0.25) is 0 Å². The fourth-order valence-electron chi connectivity index (χ4n) is 1.56. The number of aryl methyl sites for hydroxylation is 1. The molecule has 0 saturated heterocycles. The normalized spacial score (nSPS) is 10.4. The molecule has 1 aromatic carbocycles. The molecule has 2 N–H and O–H groups in total. The molecule has 0 aliphatic rings. The van der Waals surface area contributed by atoms with E-state index in [1.807, 2.05) is 6.92 Å². The minimum absolute atomic E-state index is 0.215. The van der Waals surface area contributed by atoms with Gasteiger partial charge >= 0.3 is 0 Å². The first kappa shape index (κ1) is 13.0. The van der Waals surface area contributed by atoms with Crippen molar-refractivity contribution in [2.45, 2.75) is 32.6 Å². The van der Waals surface area contributed by atoms with E-state index in [1.54, 1.807) is 6.07 Å². The van der Waals surface area contributed by atoms with Gasteiger partial charge in [0.2, 0.25) is 0 Å². The summed E-state index contributed by atoms with van der Waals surface area (Å²) in [6.45, 7) is 3.31. The molecule has 0 unspecified atom stereocenters. The summed E-state index contributed by atoms with van der Waals surface area (Å²) in [6.07, 6.45) is 4.39. The van der Waals surface area contributed by atoms with Crippen LogP contribution in [0.2, 0.25) is 0 Å². The Labute approximate surface area is 96.6 Å². The van der Waals surface area contributed by atoms with Gasteiger partial charge in [0.05, 0.1) is 6.61 Å². The van der Waals surface area contributed by atoms with Gasteiger partial charge < -0.3 is 10.5 Å². The summed E-state index contributed by atoms with van der Waals surface area (Å²) in [5.41, 5.74) is 6.25. The Balaban J connectivity index is 2.21. The maximum Gasteiger partial charge on any atom is 0.123 e. The van der Waals surface area contributed by atoms with E-state index in [-0.39, 0.29) is 5.82 Å². The van der Waals surface area contributed by atoms with Crippen LogP contribution in [0, 0.1) is 12.7 Å². The molecule has 2 nitrogen and oxygen atoms in total. The summed E-state index contributed by atoms with van der Waals surface area (Å²) in [5.74, 6) is 0.563. The lowest BCUT2D eigenvalue weighted by atomic mass is 10.2. The highest BCUT2D eigenvalue weighted by molar-refractivity contribution is 5.32. The molecule has 1 rings (SSSR count). The minimum Gasteiger partial charge on any atom is -0.493 e. The van der Waals surface area contributed by atoms with Gasteiger partial charge in [-0.15, -0.1) is 0 Å². The molecule has 0 aliphatic carbocycles. The van der Waals surface area contributed by atoms with Crippen LogP contribution in [0.5, 0.6) is 5.75 Å². The number of unbranched alkanes of at least 4 members (excludes halogenated alkanes) is 3. The van der Waals surface area contributed by atoms with Crippen LogP contribution in [0.3, 0.4) is 0 Å². The summed E-state index contributed by atoms with van der Waals surface area (Å²) in [4.78, 5) is 0. The van der Waals surface area contributed by atoms with Crippen molar-refractivity contribution in [3.05, 3.63) is 29.6 Å². The predicted molar refractivity (Wildman–Crippen MR) is 64.2 cm³/mol. The molecule has 0 radical (unpaired) electrons. The van der Waals surface area contributed by atoms with Crippen molar-refractivity contribution in [2.75, 3.05) is 13.2 Å². The van der Waals surface area contributed by atoms with Crippen LogP contribution in [0.15, 0.2) is 18.2 Å². The average Bonchev–Trinajstić information content (AvgIpc) is 2.26. The van der Waals surface area contributed by atoms with Gasteiger partial charge in [0.1, 0.15) is 11.6 Å². The lowest BCUT2D eigenvalue weighted by Crippen LogP contribution is -2.01. The summed E-state index contributed by atoms with van der Waals surface area (Å²) in [7, 11) is 0. The van der Waals surface area contributed by atoms with E-state index in [2.05, 4.69) is 0 Å². The number of benzene rings is 1. The van der Waals surface area contributed by atoms with Crippen LogP contribution in [0.25, 0.3) is 0 Å². The van der Waals surface area contributed by atoms with Gasteiger partial charge in [-0.2, -0.15) is 0 Å². The van der Waals surface area contributed by atoms with Crippen LogP contribution in [0.4, 0.5) is 4.39 Å². The highest BCUT2D eigenvalue weighted by Gasteiger charge is 2.00. The number of hydrogen-bond donors (Lipinski definition) is 1. The van der Waals surface area contributed by atoms with Gasteiger partial charge in [0.15, 0.2) is 0 Å². The van der Waals surface area contributed by atoms with Crippen molar-refractivity contribution >= 4 is 0 Å². The van der Waals surface area contributed by atoms with Crippen LogP contribution in [-0.4, -0.2) is 13.2 Å². The van der Waals surface area contributed by atoms with E-state index in [0.717, 1.165) is 43.5 Å². The summed E-state index contributed by atoms with van der Waals surface area (Å²) >= 11 is 0. The van der Waals surface area contributed by atoms with E-state index >= 15 is 0 Å². The van der Waals surface area contributed by atoms with E-state index < -0.39 is 0 Å². The quantitative estimate of drug-likeness (QED) is 0.724. The first-order valence-corrected chi connectivity index (χ1v) is 5.83. The zero-order valence-electron chi connectivity index (χ0n) is 9.84. The zero-order chi connectivity index (χ0) is 11.8. The second-order valence-electron chi connectivity index (χ2n) is 3.96. The molecule has 0 bridgehead atoms. The van der Waals surface area contributed by atoms with Gasteiger partial charge in [-0.05, 0) is 50.1 Å². The summed E-state index contributed by atoms with van der Waals surface area (Å²) in [6, 6.07) is 4.60. The number of hydrogen-bond acceptors (Lipinski definition) is 2. The SMILES string of the molecule is Cc1cc(F)ccc1OCCCCCCN. The molecule has 0 amide bonds. The van der Waals surface area contributed by atoms with E-state index in [4.69, 9.17) is 10.5 Å². The molecule has 0 heterocycles. The van der Waals surface area contributed by atoms with E-state index in [1.165, 1.54) is 12.1 Å². The third-order valence-electron chi connectivity index (χ3n) is 2.49. The zero-order valence-corrected chi connectivity index (χ0v) is 9.84. The number of rotatable bonds is 7. The molecule has 0 spiro atoms. The molecule has 90 valence electrons. The van der Waals surface area contributed by atoms with E-state index in [0.29, 0.717) is 6.61 Å². The van der Waals surface area contributed by atoms with Crippen molar-refractivity contribution in [1.29, 1.82) is 0 Å². The molecule has 0 saturated carbocycles. The molecule has 16 heavy (non-hydrogen) atoms. The topological polar surface area (TPSA) is 35.2 Å². The maximum atomic E-state index is 12.8. The van der Waals surface area contributed by atoms with Crippen LogP contribution in [0.1, 0.15) is 31.2 Å². The Morgan fingerprint density at radius 2 is 1.94 bits per heavy atom. The molecule has 0 fully saturated rings. The summed E-state index contributed by atoms with van der Waals surface area (Å²) in [5, 5.41) is 0. The van der Waals surface area contributed by atoms with Gasteiger partial charge in [-0.25, -0.2) is 4.39 Å². The Hall–Kier alpha value is -1.09. The largest absolute Gasteiger partial charge is 0.493 e. The highest BCUT2D eigenvalue weighted by atomic mass is 19.1. The smallest absolute Gasteiger partial charge is 0.123 e. The monoisotopic (exact) mass is 225 g/mol. The Bertz CT molecular complexity index is 315. The molecular weight excluding hydrogens is 205 g/mol. The third kappa shape index (κ3) is 4.62. The maximum absolute atomic E-state index is 12.8. The van der Waals surface area contributed by atoms with Crippen LogP contribution in [-0.2, 0) is 0 Å². The third-order valence-corrected chi connectivity index (χ3v) is 2.49. The van der Waals surface area contributed by atoms with E-state index in [9.17, 15) is 4.39 Å². The number of nitrogens with two attached hydrogens (primary N) is 1. The first-order chi connectivity index (χ1) is 7.74. The average molecular weight is 225 g/mol. The lowest BCUT2D eigenvalue weighted by molar-refractivity contribution is 0.302. The molecule has 0 aliphatic heterocycles. The highest BCUT2D eigenvalue weighted by Crippen LogP contribution is 2.18. The minimum atomic E-state index is -0.215. The molecule has 0 aromatic heterocycles. The molecular formula is C13H20FNO. The van der Waals surface area contributed by atoms with Gasteiger partial charge in [0, 0.05) is 0 Å². The van der Waals surface area contributed by atoms with Crippen molar-refractivity contribution in [3.8, 4) is 5.75 Å². The molecule has 0 atom stereocenters. The number of ether oxygens (including phenoxy) is 1. The second kappa shape index (κ2) is 7.23.